The maximum Gasteiger partial charge on any atom is 0.303 e. The molecule has 14 heteroatoms. The molecule has 0 aliphatic carbocycles. The monoisotopic (exact) mass is 566 g/mol. The predicted molar refractivity (Wildman–Crippen MR) is 130 cm³/mol. The van der Waals surface area contributed by atoms with Crippen molar-refractivity contribution in [3.05, 3.63) is 29.8 Å². The molecular weight excluding hydrogens is 543 g/mol. The number of rotatable bonds is 8. The van der Waals surface area contributed by atoms with E-state index in [1.54, 1.807) is 24.3 Å². The quantitative estimate of drug-likeness (QED) is 0.165. The molecule has 1 aromatic rings. The average molecular weight is 568 g/mol. The molecule has 0 bridgehead atoms. The van der Waals surface area contributed by atoms with Gasteiger partial charge in [0.25, 0.3) is 3.79 Å². The van der Waals surface area contributed by atoms with Crippen LogP contribution in [0.5, 0.6) is 5.75 Å². The van der Waals surface area contributed by atoms with Gasteiger partial charge in [-0.2, -0.15) is 0 Å². The highest BCUT2D eigenvalue weighted by Gasteiger charge is 2.52. The van der Waals surface area contributed by atoms with Crippen molar-refractivity contribution in [3.63, 3.8) is 0 Å². The minimum atomic E-state index is -2.25. The molecule has 1 aliphatic heterocycles. The summed E-state index contributed by atoms with van der Waals surface area (Å²) in [6, 6.07) is 5.61. The van der Waals surface area contributed by atoms with Crippen LogP contribution < -0.4 is 4.74 Å². The van der Waals surface area contributed by atoms with Gasteiger partial charge in [0.15, 0.2) is 18.2 Å². The zero-order valence-electron chi connectivity index (χ0n) is 19.7. The third-order valence-electron chi connectivity index (χ3n) is 4.67. The molecule has 0 unspecified atom stereocenters. The van der Waals surface area contributed by atoms with Gasteiger partial charge in [-0.15, -0.1) is 0 Å². The van der Waals surface area contributed by atoms with E-state index in [4.69, 9.17) is 68.6 Å². The van der Waals surface area contributed by atoms with Crippen molar-refractivity contribution in [1.29, 1.82) is 5.41 Å². The second-order valence-electron chi connectivity index (χ2n) is 7.48. The van der Waals surface area contributed by atoms with E-state index >= 15 is 0 Å². The first-order valence-electron chi connectivity index (χ1n) is 10.4. The number of methoxy groups -OCH3 is 1. The molecule has 0 spiro atoms. The lowest BCUT2D eigenvalue weighted by molar-refractivity contribution is -0.256. The summed E-state index contributed by atoms with van der Waals surface area (Å²) in [7, 11) is 1.52. The summed E-state index contributed by atoms with van der Waals surface area (Å²) in [5.74, 6) is -2.28. The SMILES string of the molecule is COc1ccc(C=N[C@H]2[C@@H](OC(=N)C(Cl)(Cl)Cl)O[C@H](COC(C)=O)[C@H](OC(C)=O)[C@@H]2OC(C)=O)cc1. The number of nitrogens with one attached hydrogen (secondary N) is 1. The van der Waals surface area contributed by atoms with Crippen LogP contribution in [-0.2, 0) is 38.1 Å². The van der Waals surface area contributed by atoms with E-state index in [-0.39, 0.29) is 0 Å². The van der Waals surface area contributed by atoms with Crippen LogP contribution in [-0.4, -0.2) is 78.2 Å². The fraction of sp³-hybridized carbons (Fsp3) is 0.500. The Morgan fingerprint density at radius 2 is 1.58 bits per heavy atom. The minimum Gasteiger partial charge on any atom is -0.497 e. The maximum absolute atomic E-state index is 12.0. The molecule has 1 aliphatic rings. The van der Waals surface area contributed by atoms with Crippen LogP contribution in [0.4, 0.5) is 0 Å². The number of carbonyl (C=O) groups excluding carboxylic acids is 3. The molecule has 1 heterocycles. The molecule has 0 radical (unpaired) electrons. The van der Waals surface area contributed by atoms with Crippen molar-refractivity contribution in [1.82, 2.24) is 0 Å². The summed E-state index contributed by atoms with van der Waals surface area (Å²) in [5.41, 5.74) is 0.624. The number of hydrogen-bond acceptors (Lipinski definition) is 11. The highest BCUT2D eigenvalue weighted by molar-refractivity contribution is 6.76. The summed E-state index contributed by atoms with van der Waals surface area (Å²) < 4.78 is 30.0. The van der Waals surface area contributed by atoms with Gasteiger partial charge in [-0.05, 0) is 29.8 Å². The van der Waals surface area contributed by atoms with Crippen molar-refractivity contribution in [3.8, 4) is 5.75 Å². The van der Waals surface area contributed by atoms with E-state index in [0.717, 1.165) is 13.8 Å². The summed E-state index contributed by atoms with van der Waals surface area (Å²) in [6.45, 7) is 3.05. The molecule has 1 saturated heterocycles. The Balaban J connectivity index is 2.52. The van der Waals surface area contributed by atoms with Crippen LogP contribution in [0.3, 0.4) is 0 Å². The van der Waals surface area contributed by atoms with E-state index in [2.05, 4.69) is 4.99 Å². The van der Waals surface area contributed by atoms with E-state index in [0.29, 0.717) is 11.3 Å². The molecule has 1 fully saturated rings. The predicted octanol–water partition coefficient (Wildman–Crippen LogP) is 3.00. The largest absolute Gasteiger partial charge is 0.497 e. The van der Waals surface area contributed by atoms with Gasteiger partial charge in [0, 0.05) is 27.0 Å². The van der Waals surface area contributed by atoms with Crippen molar-refractivity contribution in [2.75, 3.05) is 13.7 Å². The van der Waals surface area contributed by atoms with E-state index in [9.17, 15) is 14.4 Å². The maximum atomic E-state index is 12.0. The number of halogens is 3. The standard InChI is InChI=1S/C22H25Cl3N2O9/c1-11(28)32-10-16-18(33-12(2)29)19(34-13(3)30)17(20(35-16)36-21(26)22(23,24)25)27-9-14-5-7-15(31-4)8-6-14/h5-9,16-20,26H,10H2,1-4H3/t16-,17-,18+,19-,20-/m1/s1. The van der Waals surface area contributed by atoms with E-state index < -0.39 is 64.8 Å². The summed E-state index contributed by atoms with van der Waals surface area (Å²) in [6.07, 6.45) is -3.77. The van der Waals surface area contributed by atoms with Crippen LogP contribution >= 0.6 is 34.8 Å². The lowest BCUT2D eigenvalue weighted by atomic mass is 9.96. The van der Waals surface area contributed by atoms with Gasteiger partial charge in [-0.3, -0.25) is 24.8 Å². The van der Waals surface area contributed by atoms with Crippen LogP contribution in [0.15, 0.2) is 29.3 Å². The Hall–Kier alpha value is -2.60. The van der Waals surface area contributed by atoms with Gasteiger partial charge in [-0.1, -0.05) is 34.8 Å². The van der Waals surface area contributed by atoms with Crippen LogP contribution in [0.2, 0.25) is 0 Å². The minimum absolute atomic E-state index is 0.402. The number of esters is 3. The fourth-order valence-electron chi connectivity index (χ4n) is 3.19. The van der Waals surface area contributed by atoms with Gasteiger partial charge < -0.3 is 28.4 Å². The van der Waals surface area contributed by atoms with Crippen LogP contribution in [0.1, 0.15) is 26.3 Å². The zero-order chi connectivity index (χ0) is 27.0. The number of hydrogen-bond donors (Lipinski definition) is 1. The van der Waals surface area contributed by atoms with Gasteiger partial charge in [0.05, 0.1) is 7.11 Å². The Bertz CT molecular complexity index is 982. The molecule has 5 atom stereocenters. The third-order valence-corrected chi connectivity index (χ3v) is 5.19. The Morgan fingerprint density at radius 1 is 1.00 bits per heavy atom. The summed E-state index contributed by atoms with van der Waals surface area (Å²) >= 11 is 17.3. The zero-order valence-corrected chi connectivity index (χ0v) is 22.0. The molecular formula is C22H25Cl3N2O9. The highest BCUT2D eigenvalue weighted by Crippen LogP contribution is 2.33. The summed E-state index contributed by atoms with van der Waals surface area (Å²) in [4.78, 5) is 39.7. The molecule has 11 nitrogen and oxygen atoms in total. The first kappa shape index (κ1) is 29.6. The number of carbonyl (C=O) groups is 3. The van der Waals surface area contributed by atoms with Crippen molar-refractivity contribution >= 4 is 64.8 Å². The Labute approximate surface area is 222 Å². The number of nitrogens with zero attached hydrogens (tertiary/aromatic N) is 1. The Morgan fingerprint density at radius 3 is 2.08 bits per heavy atom. The molecule has 0 amide bonds. The van der Waals surface area contributed by atoms with E-state index in [1.165, 1.54) is 20.2 Å². The van der Waals surface area contributed by atoms with Crippen LogP contribution in [0.25, 0.3) is 0 Å². The molecule has 1 aromatic carbocycles. The number of alkyl halides is 3. The highest BCUT2D eigenvalue weighted by atomic mass is 35.6. The number of aliphatic imine (C=N–C) groups is 1. The van der Waals surface area contributed by atoms with Crippen LogP contribution in [0, 0.1) is 5.41 Å². The molecule has 36 heavy (non-hydrogen) atoms. The number of ether oxygens (including phenoxy) is 6. The molecule has 198 valence electrons. The average Bonchev–Trinajstić information content (AvgIpc) is 2.78. The molecule has 0 aromatic heterocycles. The van der Waals surface area contributed by atoms with Gasteiger partial charge >= 0.3 is 17.9 Å². The van der Waals surface area contributed by atoms with Gasteiger partial charge in [0.2, 0.25) is 12.2 Å². The Kier molecular flexibility index (Phi) is 10.8. The molecule has 1 N–H and O–H groups in total. The van der Waals surface area contributed by atoms with Crippen molar-refractivity contribution in [2.45, 2.75) is 55.2 Å². The molecule has 2 rings (SSSR count). The number of benzene rings is 1. The van der Waals surface area contributed by atoms with E-state index in [1.807, 2.05) is 0 Å². The van der Waals surface area contributed by atoms with Crippen molar-refractivity contribution < 1.29 is 42.8 Å². The molecule has 0 saturated carbocycles. The lowest BCUT2D eigenvalue weighted by Crippen LogP contribution is -2.61. The van der Waals surface area contributed by atoms with Gasteiger partial charge in [-0.25, -0.2) is 0 Å². The smallest absolute Gasteiger partial charge is 0.303 e. The fourth-order valence-corrected chi connectivity index (χ4v) is 3.32. The van der Waals surface area contributed by atoms with Crippen molar-refractivity contribution in [2.24, 2.45) is 4.99 Å². The summed E-state index contributed by atoms with van der Waals surface area (Å²) in [5, 5.41) is 7.97. The first-order chi connectivity index (χ1) is 16.8. The second kappa shape index (κ2) is 13.1. The first-order valence-corrected chi connectivity index (χ1v) is 11.6. The van der Waals surface area contributed by atoms with Gasteiger partial charge in [0.1, 0.15) is 18.5 Å². The normalized spacial score (nSPS) is 24.0. The third kappa shape index (κ3) is 8.81. The topological polar surface area (TPSA) is 143 Å². The second-order valence-corrected chi connectivity index (χ2v) is 9.76. The lowest BCUT2D eigenvalue weighted by Gasteiger charge is -2.43.